The first-order chi connectivity index (χ1) is 14.0. The summed E-state index contributed by atoms with van der Waals surface area (Å²) < 4.78 is 15.9. The molecule has 0 bridgehead atoms. The molecule has 0 radical (unpaired) electrons. The van der Waals surface area contributed by atoms with Gasteiger partial charge in [-0.2, -0.15) is 5.10 Å². The minimum atomic E-state index is -0.541. The van der Waals surface area contributed by atoms with Gasteiger partial charge in [-0.15, -0.1) is 0 Å². The van der Waals surface area contributed by atoms with Crippen molar-refractivity contribution in [1.29, 1.82) is 0 Å². The fourth-order valence-corrected chi connectivity index (χ4v) is 2.50. The van der Waals surface area contributed by atoms with Crippen LogP contribution in [0.2, 0.25) is 0 Å². The number of hydrogen-bond donors (Lipinski definition) is 1. The number of carbonyl (C=O) groups excluding carboxylic acids is 1. The van der Waals surface area contributed by atoms with Crippen molar-refractivity contribution >= 4 is 17.8 Å². The number of benzene rings is 2. The maximum Gasteiger partial charge on any atom is 0.311 e. The Morgan fingerprint density at radius 3 is 2.38 bits per heavy atom. The van der Waals surface area contributed by atoms with E-state index in [2.05, 4.69) is 10.5 Å². The predicted octanol–water partition coefficient (Wildman–Crippen LogP) is 3.09. The summed E-state index contributed by atoms with van der Waals surface area (Å²) in [4.78, 5) is 22.8. The van der Waals surface area contributed by atoms with Crippen molar-refractivity contribution in [2.45, 2.75) is 20.3 Å². The van der Waals surface area contributed by atoms with Crippen LogP contribution in [0.1, 0.15) is 25.0 Å². The number of hydrogen-bond acceptors (Lipinski definition) is 7. The second kappa shape index (κ2) is 10.6. The molecule has 9 heteroatoms. The molecule has 2 rings (SSSR count). The molecule has 29 heavy (non-hydrogen) atoms. The molecule has 0 aromatic heterocycles. The topological polar surface area (TPSA) is 112 Å². The van der Waals surface area contributed by atoms with Crippen molar-refractivity contribution in [1.82, 2.24) is 5.43 Å². The Hall–Kier alpha value is -3.62. The second-order valence-electron chi connectivity index (χ2n) is 5.80. The number of amides is 1. The number of nitrogens with one attached hydrogen (secondary N) is 1. The Balaban J connectivity index is 2.13. The molecule has 154 valence electrons. The van der Waals surface area contributed by atoms with Crippen molar-refractivity contribution in [3.63, 3.8) is 0 Å². The normalized spacial score (nSPS) is 10.6. The van der Waals surface area contributed by atoms with Gasteiger partial charge in [-0.25, -0.2) is 5.43 Å². The van der Waals surface area contributed by atoms with Crippen LogP contribution in [0.25, 0.3) is 0 Å². The monoisotopic (exact) mass is 401 g/mol. The molecular formula is C20H23N3O6. The summed E-state index contributed by atoms with van der Waals surface area (Å²) in [7, 11) is 1.57. The average molecular weight is 401 g/mol. The van der Waals surface area contributed by atoms with Crippen LogP contribution in [0.4, 0.5) is 5.69 Å². The highest BCUT2D eigenvalue weighted by Crippen LogP contribution is 2.34. The van der Waals surface area contributed by atoms with Crippen LogP contribution in [0, 0.1) is 10.1 Å². The lowest BCUT2D eigenvalue weighted by atomic mass is 10.1. The van der Waals surface area contributed by atoms with E-state index < -0.39 is 4.92 Å². The van der Waals surface area contributed by atoms with E-state index in [1.54, 1.807) is 45.2 Å². The number of ether oxygens (including phenoxy) is 3. The number of hydrazone groups is 1. The highest BCUT2D eigenvalue weighted by Gasteiger charge is 2.19. The first-order valence-electron chi connectivity index (χ1n) is 9.01. The molecule has 0 saturated carbocycles. The van der Waals surface area contributed by atoms with Crippen LogP contribution in [-0.2, 0) is 11.2 Å². The number of nitrogens with zero attached hydrogens (tertiary/aromatic N) is 2. The third-order valence-corrected chi connectivity index (χ3v) is 3.80. The summed E-state index contributed by atoms with van der Waals surface area (Å²) in [6, 6.07) is 9.84. The van der Waals surface area contributed by atoms with Crippen LogP contribution in [0.15, 0.2) is 41.5 Å². The molecule has 0 heterocycles. The van der Waals surface area contributed by atoms with E-state index in [1.165, 1.54) is 18.3 Å². The van der Waals surface area contributed by atoms with Gasteiger partial charge >= 0.3 is 5.69 Å². The van der Waals surface area contributed by atoms with E-state index in [0.717, 1.165) is 5.56 Å². The number of nitro groups is 1. The van der Waals surface area contributed by atoms with Crippen molar-refractivity contribution in [3.8, 4) is 17.2 Å². The summed E-state index contributed by atoms with van der Waals surface area (Å²) in [6.07, 6.45) is 1.43. The lowest BCUT2D eigenvalue weighted by molar-refractivity contribution is -0.385. The summed E-state index contributed by atoms with van der Waals surface area (Å²) in [5.74, 6) is 0.855. The van der Waals surface area contributed by atoms with Gasteiger partial charge in [-0.1, -0.05) is 12.1 Å². The average Bonchev–Trinajstić information content (AvgIpc) is 2.70. The van der Waals surface area contributed by atoms with E-state index in [1.807, 2.05) is 0 Å². The standard InChI is InChI=1S/C20H23N3O6/c1-4-28-18-12-19(29-5-2)17(23(25)26)11-15(18)13-21-22-20(24)10-14-6-8-16(27-3)9-7-14/h6-9,11-13H,4-5,10H2,1-3H3,(H,22,24)/b21-13-. The third-order valence-electron chi connectivity index (χ3n) is 3.80. The van der Waals surface area contributed by atoms with E-state index in [9.17, 15) is 14.9 Å². The number of nitro benzene ring substituents is 1. The van der Waals surface area contributed by atoms with Crippen LogP contribution in [0.5, 0.6) is 17.2 Å². The van der Waals surface area contributed by atoms with Gasteiger partial charge in [0.05, 0.1) is 37.9 Å². The summed E-state index contributed by atoms with van der Waals surface area (Å²) in [5, 5.41) is 15.2. The molecule has 1 amide bonds. The van der Waals surface area contributed by atoms with Gasteiger partial charge in [0.15, 0.2) is 0 Å². The smallest absolute Gasteiger partial charge is 0.311 e. The van der Waals surface area contributed by atoms with Crippen LogP contribution < -0.4 is 19.6 Å². The Morgan fingerprint density at radius 2 is 1.79 bits per heavy atom. The largest absolute Gasteiger partial charge is 0.497 e. The molecule has 9 nitrogen and oxygen atoms in total. The summed E-state index contributed by atoms with van der Waals surface area (Å²) in [5.41, 5.74) is 3.35. The molecule has 0 aliphatic heterocycles. The van der Waals surface area contributed by atoms with Gasteiger partial charge in [-0.05, 0) is 31.5 Å². The molecule has 2 aromatic carbocycles. The lowest BCUT2D eigenvalue weighted by Crippen LogP contribution is -2.19. The SMILES string of the molecule is CCOc1cc(OCC)c([N+](=O)[O-])cc1/C=N\NC(=O)Cc1ccc(OC)cc1. The minimum Gasteiger partial charge on any atom is -0.497 e. The molecule has 0 fully saturated rings. The zero-order valence-electron chi connectivity index (χ0n) is 16.5. The van der Waals surface area contributed by atoms with Crippen molar-refractivity contribution in [2.24, 2.45) is 5.10 Å². The molecule has 0 atom stereocenters. The molecule has 1 N–H and O–H groups in total. The molecule has 0 aliphatic carbocycles. The highest BCUT2D eigenvalue weighted by atomic mass is 16.6. The predicted molar refractivity (Wildman–Crippen MR) is 108 cm³/mol. The number of methoxy groups -OCH3 is 1. The second-order valence-corrected chi connectivity index (χ2v) is 5.80. The fourth-order valence-electron chi connectivity index (χ4n) is 2.50. The molecule has 2 aromatic rings. The van der Waals surface area contributed by atoms with Crippen LogP contribution >= 0.6 is 0 Å². The Morgan fingerprint density at radius 1 is 1.14 bits per heavy atom. The van der Waals surface area contributed by atoms with Crippen LogP contribution in [0.3, 0.4) is 0 Å². The first kappa shape index (κ1) is 21.7. The third kappa shape index (κ3) is 6.20. The van der Waals surface area contributed by atoms with Gasteiger partial charge < -0.3 is 14.2 Å². The molecular weight excluding hydrogens is 378 g/mol. The van der Waals surface area contributed by atoms with Crippen molar-refractivity contribution in [3.05, 3.63) is 57.6 Å². The Kier molecular flexibility index (Phi) is 7.96. The van der Waals surface area contributed by atoms with Gasteiger partial charge in [0.25, 0.3) is 0 Å². The van der Waals surface area contributed by atoms with E-state index in [0.29, 0.717) is 23.7 Å². The number of carbonyl (C=O) groups is 1. The highest BCUT2D eigenvalue weighted by molar-refractivity contribution is 5.87. The quantitative estimate of drug-likeness (QED) is 0.372. The zero-order chi connectivity index (χ0) is 21.2. The first-order valence-corrected chi connectivity index (χ1v) is 9.01. The maximum atomic E-state index is 12.1. The minimum absolute atomic E-state index is 0.113. The van der Waals surface area contributed by atoms with Gasteiger partial charge in [-0.3, -0.25) is 14.9 Å². The lowest BCUT2D eigenvalue weighted by Gasteiger charge is -2.10. The summed E-state index contributed by atoms with van der Waals surface area (Å²) >= 11 is 0. The van der Waals surface area contributed by atoms with E-state index in [4.69, 9.17) is 14.2 Å². The summed E-state index contributed by atoms with van der Waals surface area (Å²) in [6.45, 7) is 4.16. The van der Waals surface area contributed by atoms with Crippen molar-refractivity contribution < 1.29 is 23.9 Å². The molecule has 0 spiro atoms. The van der Waals surface area contributed by atoms with E-state index >= 15 is 0 Å². The number of rotatable bonds is 10. The van der Waals surface area contributed by atoms with Gasteiger partial charge in [0, 0.05) is 17.7 Å². The van der Waals surface area contributed by atoms with Crippen LogP contribution in [-0.4, -0.2) is 37.4 Å². The zero-order valence-corrected chi connectivity index (χ0v) is 16.5. The van der Waals surface area contributed by atoms with Gasteiger partial charge in [0.2, 0.25) is 11.7 Å². The molecule has 0 aliphatic rings. The maximum absolute atomic E-state index is 12.1. The molecule has 0 unspecified atom stereocenters. The molecule has 0 saturated heterocycles. The van der Waals surface area contributed by atoms with E-state index in [-0.39, 0.29) is 30.4 Å². The fraction of sp³-hybridized carbons (Fsp3) is 0.300. The van der Waals surface area contributed by atoms with Gasteiger partial charge in [0.1, 0.15) is 11.5 Å². The van der Waals surface area contributed by atoms with Crippen molar-refractivity contribution in [2.75, 3.05) is 20.3 Å². The Bertz CT molecular complexity index is 881. The Labute approximate surface area is 168 Å².